The van der Waals surface area contributed by atoms with Gasteiger partial charge in [0, 0.05) is 6.08 Å². The fraction of sp³-hybridized carbons (Fsp3) is 0.176. The molecule has 0 aliphatic heterocycles. The third-order valence-electron chi connectivity index (χ3n) is 3.43. The van der Waals surface area contributed by atoms with Crippen LogP contribution < -0.4 is 9.04 Å². The third kappa shape index (κ3) is 4.77. The largest absolute Gasteiger partial charge is 0.517 e. The van der Waals surface area contributed by atoms with E-state index in [2.05, 4.69) is 0 Å². The number of halogens is 6. The molecule has 28 heavy (non-hydrogen) atoms. The van der Waals surface area contributed by atoms with Crippen LogP contribution in [0, 0.1) is 0 Å². The fourth-order valence-corrected chi connectivity index (χ4v) is 3.27. The number of para-hydroxylation sites is 1. The predicted octanol–water partition coefficient (Wildman–Crippen LogP) is 4.95. The Morgan fingerprint density at radius 3 is 1.89 bits per heavy atom. The van der Waals surface area contributed by atoms with Gasteiger partial charge in [0.2, 0.25) is 0 Å². The zero-order valence-electron chi connectivity index (χ0n) is 14.1. The van der Waals surface area contributed by atoms with Crippen molar-refractivity contribution in [3.05, 3.63) is 66.2 Å². The van der Waals surface area contributed by atoms with Crippen LogP contribution in [-0.4, -0.2) is 27.2 Å². The first kappa shape index (κ1) is 21.6. The van der Waals surface area contributed by atoms with Gasteiger partial charge in [-0.25, -0.2) is 4.31 Å². The van der Waals surface area contributed by atoms with E-state index >= 15 is 0 Å². The lowest BCUT2D eigenvalue weighted by Gasteiger charge is -2.28. The van der Waals surface area contributed by atoms with Crippen molar-refractivity contribution in [1.29, 1.82) is 0 Å². The summed E-state index contributed by atoms with van der Waals surface area (Å²) in [6, 6.07) is 10.1. The smallest absolute Gasteiger partial charge is 0.497 e. The lowest BCUT2D eigenvalue weighted by atomic mass is 10.1. The Morgan fingerprint density at radius 1 is 0.929 bits per heavy atom. The molecule has 152 valence electrons. The highest BCUT2D eigenvalue weighted by atomic mass is 32.2. The van der Waals surface area contributed by atoms with E-state index in [-0.39, 0.29) is 10.1 Å². The molecule has 0 aliphatic carbocycles. The Morgan fingerprint density at radius 2 is 1.46 bits per heavy atom. The van der Waals surface area contributed by atoms with E-state index in [9.17, 15) is 34.8 Å². The maximum atomic E-state index is 13.2. The van der Waals surface area contributed by atoms with Gasteiger partial charge in [-0.2, -0.15) is 34.8 Å². The van der Waals surface area contributed by atoms with Crippen LogP contribution in [0.25, 0.3) is 5.70 Å². The molecule has 0 spiro atoms. The Kier molecular flexibility index (Phi) is 5.97. The summed E-state index contributed by atoms with van der Waals surface area (Å²) in [7, 11) is -4.91. The van der Waals surface area contributed by atoms with Gasteiger partial charge >= 0.3 is 21.7 Å². The van der Waals surface area contributed by atoms with E-state index in [0.717, 1.165) is 24.3 Å². The van der Waals surface area contributed by atoms with Crippen LogP contribution in [0.3, 0.4) is 0 Å². The highest BCUT2D eigenvalue weighted by Crippen LogP contribution is 2.39. The minimum Gasteiger partial charge on any atom is -0.497 e. The van der Waals surface area contributed by atoms with Gasteiger partial charge in [-0.05, 0) is 42.0 Å². The van der Waals surface area contributed by atoms with Crippen molar-refractivity contribution >= 4 is 21.4 Å². The molecule has 4 nitrogen and oxygen atoms in total. The summed E-state index contributed by atoms with van der Waals surface area (Å²) in [4.78, 5) is 0. The molecule has 0 amide bonds. The van der Waals surface area contributed by atoms with Gasteiger partial charge in [0.05, 0.1) is 18.5 Å². The number of sulfonamides is 1. The second-order valence-corrected chi connectivity index (χ2v) is 7.13. The summed E-state index contributed by atoms with van der Waals surface area (Å²) in [5.74, 6) is 0.222. The lowest BCUT2D eigenvalue weighted by molar-refractivity contribution is -0.0795. The summed E-state index contributed by atoms with van der Waals surface area (Å²) >= 11 is 0. The zero-order chi connectivity index (χ0) is 21.2. The average molecular weight is 425 g/mol. The number of hydrogen-bond donors (Lipinski definition) is 0. The summed E-state index contributed by atoms with van der Waals surface area (Å²) in [6.07, 6.45) is -5.59. The fourth-order valence-electron chi connectivity index (χ4n) is 2.25. The molecule has 0 saturated carbocycles. The number of benzene rings is 2. The van der Waals surface area contributed by atoms with Crippen molar-refractivity contribution in [2.45, 2.75) is 11.7 Å². The molecule has 0 bridgehead atoms. The van der Waals surface area contributed by atoms with E-state index < -0.39 is 44.7 Å². The molecule has 0 aliphatic rings. The number of alkyl halides is 6. The average Bonchev–Trinajstić information content (AvgIpc) is 2.60. The second kappa shape index (κ2) is 7.74. The topological polar surface area (TPSA) is 46.6 Å². The summed E-state index contributed by atoms with van der Waals surface area (Å²) in [5.41, 5.74) is -8.06. The van der Waals surface area contributed by atoms with E-state index in [4.69, 9.17) is 4.74 Å². The lowest BCUT2D eigenvalue weighted by Crippen LogP contribution is -2.40. The predicted molar refractivity (Wildman–Crippen MR) is 90.9 cm³/mol. The second-order valence-electron chi connectivity index (χ2n) is 5.35. The van der Waals surface area contributed by atoms with Crippen LogP contribution in [0.1, 0.15) is 5.56 Å². The summed E-state index contributed by atoms with van der Waals surface area (Å²) in [5, 5.41) is 0. The highest BCUT2D eigenvalue weighted by molar-refractivity contribution is 7.94. The maximum Gasteiger partial charge on any atom is 0.517 e. The Bertz CT molecular complexity index is 936. The minimum absolute atomic E-state index is 0.222. The number of ether oxygens (including phenoxy) is 1. The van der Waals surface area contributed by atoms with Gasteiger partial charge in [-0.3, -0.25) is 0 Å². The molecule has 0 fully saturated rings. The van der Waals surface area contributed by atoms with Gasteiger partial charge < -0.3 is 4.74 Å². The zero-order valence-corrected chi connectivity index (χ0v) is 14.9. The Hall–Kier alpha value is -2.69. The molecule has 2 aromatic rings. The molecule has 0 radical (unpaired) electrons. The molecule has 2 rings (SSSR count). The summed E-state index contributed by atoms with van der Waals surface area (Å²) in [6.45, 7) is 0. The number of rotatable bonds is 5. The van der Waals surface area contributed by atoms with Crippen LogP contribution >= 0.6 is 0 Å². The number of allylic oxidation sites excluding steroid dienone is 1. The first-order valence-electron chi connectivity index (χ1n) is 7.47. The maximum absolute atomic E-state index is 13.2. The number of methoxy groups -OCH3 is 1. The van der Waals surface area contributed by atoms with Gasteiger partial charge in [-0.1, -0.05) is 18.2 Å². The van der Waals surface area contributed by atoms with E-state index in [1.807, 2.05) is 0 Å². The van der Waals surface area contributed by atoms with Crippen molar-refractivity contribution in [3.8, 4) is 5.75 Å². The number of anilines is 1. The van der Waals surface area contributed by atoms with E-state index in [1.165, 1.54) is 37.4 Å². The van der Waals surface area contributed by atoms with Crippen molar-refractivity contribution in [3.63, 3.8) is 0 Å². The van der Waals surface area contributed by atoms with Crippen molar-refractivity contribution in [2.75, 3.05) is 11.4 Å². The minimum atomic E-state index is -6.19. The molecule has 2 aromatic carbocycles. The van der Waals surface area contributed by atoms with E-state index in [0.29, 0.717) is 0 Å². The van der Waals surface area contributed by atoms with Crippen LogP contribution in [0.5, 0.6) is 5.75 Å². The normalized spacial score (nSPS) is 13.3. The standard InChI is InChI=1S/C17H13F6NO3S/c1-27-14-9-7-12(8-10-14)15(11-16(18,19)20)24(13-5-3-2-4-6-13)28(25,26)17(21,22)23/h2-11H,1H3/b15-11+. The molecule has 11 heteroatoms. The molecule has 0 saturated heterocycles. The molecule has 0 unspecified atom stereocenters. The monoisotopic (exact) mass is 425 g/mol. The Labute approximate surface area is 156 Å². The third-order valence-corrected chi connectivity index (χ3v) is 4.90. The Balaban J connectivity index is 2.81. The highest BCUT2D eigenvalue weighted by Gasteiger charge is 2.52. The van der Waals surface area contributed by atoms with E-state index in [1.54, 1.807) is 0 Å². The van der Waals surface area contributed by atoms with Crippen molar-refractivity contribution in [2.24, 2.45) is 0 Å². The number of hydrogen-bond acceptors (Lipinski definition) is 3. The number of nitrogens with zero attached hydrogens (tertiary/aromatic N) is 1. The van der Waals surface area contributed by atoms with Gasteiger partial charge in [0.15, 0.2) is 0 Å². The molecule has 0 N–H and O–H groups in total. The van der Waals surface area contributed by atoms with Gasteiger partial charge in [-0.15, -0.1) is 0 Å². The molecule has 0 heterocycles. The van der Waals surface area contributed by atoms with Crippen LogP contribution in [0.2, 0.25) is 0 Å². The van der Waals surface area contributed by atoms with Crippen molar-refractivity contribution in [1.82, 2.24) is 0 Å². The SMILES string of the molecule is COc1ccc(/C(=C\C(F)(F)F)N(c2ccccc2)S(=O)(=O)C(F)(F)F)cc1. The quantitative estimate of drug-likeness (QED) is 0.637. The van der Waals surface area contributed by atoms with Crippen LogP contribution in [0.4, 0.5) is 32.0 Å². The van der Waals surface area contributed by atoms with Gasteiger partial charge in [0.1, 0.15) is 5.75 Å². The first-order chi connectivity index (χ1) is 12.9. The van der Waals surface area contributed by atoms with Crippen LogP contribution in [0.15, 0.2) is 60.7 Å². The molecule has 0 atom stereocenters. The molecular weight excluding hydrogens is 412 g/mol. The molecule has 0 aromatic heterocycles. The first-order valence-corrected chi connectivity index (χ1v) is 8.91. The van der Waals surface area contributed by atoms with Crippen molar-refractivity contribution < 1.29 is 39.5 Å². The summed E-state index contributed by atoms with van der Waals surface area (Å²) < 4.78 is 108. The van der Waals surface area contributed by atoms with Gasteiger partial charge in [0.25, 0.3) is 0 Å². The van der Waals surface area contributed by atoms with Crippen LogP contribution in [-0.2, 0) is 10.0 Å². The molecular formula is C17H13F6NO3S.